The van der Waals surface area contributed by atoms with Crippen LogP contribution in [0.2, 0.25) is 0 Å². The summed E-state index contributed by atoms with van der Waals surface area (Å²) in [5.41, 5.74) is 0.0989. The highest BCUT2D eigenvalue weighted by Gasteiger charge is 2.12. The highest BCUT2D eigenvalue weighted by atomic mass is 32.2. The van der Waals surface area contributed by atoms with E-state index in [1.54, 1.807) is 24.3 Å². The number of ether oxygens (including phenoxy) is 3. The van der Waals surface area contributed by atoms with Crippen LogP contribution in [0.15, 0.2) is 24.3 Å². The zero-order valence-electron chi connectivity index (χ0n) is 18.2. The third-order valence-electron chi connectivity index (χ3n) is 3.31. The lowest BCUT2D eigenvalue weighted by Crippen LogP contribution is -2.30. The fourth-order valence-corrected chi connectivity index (χ4v) is 2.44. The standard InChI is InChI=1S/C19H29N3O4S.C2H6/c1-15(2)12-24-9-10-25-18(27-14-20)13-26-17-6-4-5-16(11-17)19(23)22-8-7-21-3;1-2/h4-6,11,15,18,21H,7-10,12-13H2,1-3H3,(H,22,23);1-2H3. The summed E-state index contributed by atoms with van der Waals surface area (Å²) in [5.74, 6) is 0.872. The van der Waals surface area contributed by atoms with Crippen LogP contribution in [0, 0.1) is 16.6 Å². The minimum Gasteiger partial charge on any atom is -0.490 e. The Hall–Kier alpha value is -1.79. The van der Waals surface area contributed by atoms with Crippen molar-refractivity contribution in [2.45, 2.75) is 33.1 Å². The molecule has 0 fully saturated rings. The maximum atomic E-state index is 12.1. The topological polar surface area (TPSA) is 92.6 Å². The number of thioether (sulfide) groups is 1. The number of likely N-dealkylation sites (N-methyl/N-ethyl adjacent to an activating group) is 1. The molecule has 1 aromatic carbocycles. The van der Waals surface area contributed by atoms with Crippen molar-refractivity contribution < 1.29 is 19.0 Å². The zero-order valence-corrected chi connectivity index (χ0v) is 19.0. The SMILES string of the molecule is CC.CNCCNC(=O)c1cccc(OCC(OCCOCC(C)C)SC#N)c1. The molecule has 1 aromatic rings. The summed E-state index contributed by atoms with van der Waals surface area (Å²) in [5, 5.41) is 16.7. The second-order valence-corrected chi connectivity index (χ2v) is 7.12. The van der Waals surface area contributed by atoms with E-state index in [1.165, 1.54) is 0 Å². The van der Waals surface area contributed by atoms with Gasteiger partial charge in [-0.3, -0.25) is 4.79 Å². The predicted molar refractivity (Wildman–Crippen MR) is 118 cm³/mol. The number of benzene rings is 1. The van der Waals surface area contributed by atoms with E-state index in [0.29, 0.717) is 50.1 Å². The van der Waals surface area contributed by atoms with Gasteiger partial charge >= 0.3 is 0 Å². The van der Waals surface area contributed by atoms with Gasteiger partial charge in [-0.1, -0.05) is 33.8 Å². The average Bonchev–Trinajstić information content (AvgIpc) is 2.73. The number of hydrogen-bond acceptors (Lipinski definition) is 7. The van der Waals surface area contributed by atoms with E-state index in [1.807, 2.05) is 26.3 Å². The van der Waals surface area contributed by atoms with Crippen LogP contribution in [0.1, 0.15) is 38.1 Å². The van der Waals surface area contributed by atoms with Crippen LogP contribution in [0.3, 0.4) is 0 Å². The lowest BCUT2D eigenvalue weighted by Gasteiger charge is -2.16. The molecule has 164 valence electrons. The van der Waals surface area contributed by atoms with Crippen LogP contribution in [0.25, 0.3) is 0 Å². The first-order valence-corrected chi connectivity index (χ1v) is 10.8. The van der Waals surface area contributed by atoms with Gasteiger partial charge in [-0.25, -0.2) is 0 Å². The zero-order chi connectivity index (χ0) is 21.9. The summed E-state index contributed by atoms with van der Waals surface area (Å²) in [6.45, 7) is 11.2. The Morgan fingerprint density at radius 3 is 2.62 bits per heavy atom. The van der Waals surface area contributed by atoms with Crippen LogP contribution in [-0.4, -0.2) is 57.9 Å². The molecule has 29 heavy (non-hydrogen) atoms. The molecule has 0 aliphatic carbocycles. The van der Waals surface area contributed by atoms with Gasteiger partial charge < -0.3 is 24.8 Å². The van der Waals surface area contributed by atoms with Gasteiger partial charge in [0.25, 0.3) is 5.91 Å². The maximum Gasteiger partial charge on any atom is 0.251 e. The number of carbonyl (C=O) groups excluding carboxylic acids is 1. The molecule has 1 atom stereocenters. The second kappa shape index (κ2) is 18.3. The van der Waals surface area contributed by atoms with Crippen LogP contribution < -0.4 is 15.4 Å². The van der Waals surface area contributed by atoms with Crippen molar-refractivity contribution >= 4 is 17.7 Å². The normalized spacial score (nSPS) is 11.2. The van der Waals surface area contributed by atoms with Crippen molar-refractivity contribution in [1.82, 2.24) is 10.6 Å². The third-order valence-corrected chi connectivity index (χ3v) is 3.95. The second-order valence-electron chi connectivity index (χ2n) is 6.18. The van der Waals surface area contributed by atoms with E-state index in [9.17, 15) is 4.79 Å². The van der Waals surface area contributed by atoms with E-state index in [2.05, 4.69) is 24.5 Å². The first kappa shape index (κ1) is 27.2. The summed E-state index contributed by atoms with van der Waals surface area (Å²) in [4.78, 5) is 12.1. The fraction of sp³-hybridized carbons (Fsp3) is 0.619. The minimum absolute atomic E-state index is 0.155. The minimum atomic E-state index is -0.425. The van der Waals surface area contributed by atoms with Crippen molar-refractivity contribution in [3.8, 4) is 11.2 Å². The van der Waals surface area contributed by atoms with Crippen LogP contribution in [-0.2, 0) is 9.47 Å². The van der Waals surface area contributed by atoms with Crippen molar-refractivity contribution in [1.29, 1.82) is 5.26 Å². The summed E-state index contributed by atoms with van der Waals surface area (Å²) in [6.07, 6.45) is 0. The molecule has 0 spiro atoms. The molecule has 0 bridgehead atoms. The first-order valence-electron chi connectivity index (χ1n) is 9.96. The van der Waals surface area contributed by atoms with E-state index < -0.39 is 5.44 Å². The molecule has 0 aromatic heterocycles. The molecule has 8 heteroatoms. The molecule has 0 heterocycles. The Bertz CT molecular complexity index is 594. The summed E-state index contributed by atoms with van der Waals surface area (Å²) in [7, 11) is 1.83. The number of nitriles is 1. The number of thiocyanates is 1. The molecule has 2 N–H and O–H groups in total. The van der Waals surface area contributed by atoms with Gasteiger partial charge in [0, 0.05) is 25.3 Å². The predicted octanol–water partition coefficient (Wildman–Crippen LogP) is 3.27. The van der Waals surface area contributed by atoms with Crippen molar-refractivity contribution in [3.05, 3.63) is 29.8 Å². The Balaban J connectivity index is 0.00000379. The molecule has 7 nitrogen and oxygen atoms in total. The number of rotatable bonds is 14. The van der Waals surface area contributed by atoms with Gasteiger partial charge in [-0.05, 0) is 42.9 Å². The summed E-state index contributed by atoms with van der Waals surface area (Å²) >= 11 is 1.00. The molecule has 1 unspecified atom stereocenters. The fourth-order valence-electron chi connectivity index (χ4n) is 2.03. The van der Waals surface area contributed by atoms with Crippen molar-refractivity contribution in [2.24, 2.45) is 5.92 Å². The molecule has 1 rings (SSSR count). The van der Waals surface area contributed by atoms with E-state index in [0.717, 1.165) is 11.8 Å². The Morgan fingerprint density at radius 1 is 1.21 bits per heavy atom. The number of carbonyl (C=O) groups is 1. The number of amides is 1. The van der Waals surface area contributed by atoms with E-state index in [4.69, 9.17) is 19.5 Å². The molecule has 0 radical (unpaired) electrons. The van der Waals surface area contributed by atoms with Gasteiger partial charge in [-0.2, -0.15) is 5.26 Å². The molecule has 1 amide bonds. The van der Waals surface area contributed by atoms with Gasteiger partial charge in [0.05, 0.1) is 13.2 Å². The van der Waals surface area contributed by atoms with Crippen molar-refractivity contribution in [3.63, 3.8) is 0 Å². The molecule has 0 saturated heterocycles. The number of hydrogen-bond donors (Lipinski definition) is 2. The Morgan fingerprint density at radius 2 is 1.97 bits per heavy atom. The number of nitrogens with one attached hydrogen (secondary N) is 2. The first-order chi connectivity index (χ1) is 14.1. The van der Waals surface area contributed by atoms with E-state index >= 15 is 0 Å². The molecule has 0 aliphatic heterocycles. The molecule has 0 saturated carbocycles. The van der Waals surface area contributed by atoms with Crippen LogP contribution in [0.5, 0.6) is 5.75 Å². The lowest BCUT2D eigenvalue weighted by atomic mass is 10.2. The van der Waals surface area contributed by atoms with Crippen LogP contribution >= 0.6 is 11.8 Å². The third kappa shape index (κ3) is 13.9. The quantitative estimate of drug-likeness (QED) is 0.268. The van der Waals surface area contributed by atoms with Gasteiger partial charge in [0.1, 0.15) is 17.8 Å². The number of nitrogens with zero attached hydrogens (tertiary/aromatic N) is 1. The highest BCUT2D eigenvalue weighted by molar-refractivity contribution is 8.04. The smallest absolute Gasteiger partial charge is 0.251 e. The molecular formula is C21H35N3O4S. The Labute approximate surface area is 179 Å². The monoisotopic (exact) mass is 425 g/mol. The van der Waals surface area contributed by atoms with Crippen molar-refractivity contribution in [2.75, 3.05) is 46.6 Å². The Kier molecular flexibility index (Phi) is 17.1. The summed E-state index contributed by atoms with van der Waals surface area (Å²) < 4.78 is 16.8. The summed E-state index contributed by atoms with van der Waals surface area (Å²) in [6, 6.07) is 6.93. The lowest BCUT2D eigenvalue weighted by molar-refractivity contribution is 0.0163. The van der Waals surface area contributed by atoms with Gasteiger partial charge in [0.2, 0.25) is 0 Å². The molecule has 0 aliphatic rings. The van der Waals surface area contributed by atoms with E-state index in [-0.39, 0.29) is 12.5 Å². The highest BCUT2D eigenvalue weighted by Crippen LogP contribution is 2.17. The largest absolute Gasteiger partial charge is 0.490 e. The average molecular weight is 426 g/mol. The van der Waals surface area contributed by atoms with Gasteiger partial charge in [-0.15, -0.1) is 0 Å². The van der Waals surface area contributed by atoms with Gasteiger partial charge in [0.15, 0.2) is 5.44 Å². The molecular weight excluding hydrogens is 390 g/mol. The van der Waals surface area contributed by atoms with Crippen LogP contribution in [0.4, 0.5) is 0 Å². The maximum absolute atomic E-state index is 12.1.